The third kappa shape index (κ3) is 3.16. The van der Waals surface area contributed by atoms with Crippen molar-refractivity contribution in [2.75, 3.05) is 0 Å². The van der Waals surface area contributed by atoms with Crippen LogP contribution in [0.25, 0.3) is 0 Å². The molecular formula is C13H11BrF2N2O2. The van der Waals surface area contributed by atoms with Crippen LogP contribution in [0.3, 0.4) is 0 Å². The summed E-state index contributed by atoms with van der Waals surface area (Å²) in [7, 11) is 0. The van der Waals surface area contributed by atoms with Gasteiger partial charge in [-0.2, -0.15) is 9.37 Å². The molecular weight excluding hydrogens is 334 g/mol. The van der Waals surface area contributed by atoms with Gasteiger partial charge < -0.3 is 14.5 Å². The summed E-state index contributed by atoms with van der Waals surface area (Å²) in [6, 6.07) is 2.88. The summed E-state index contributed by atoms with van der Waals surface area (Å²) in [5, 5.41) is 3.26. The third-order valence-corrected chi connectivity index (χ3v) is 3.29. The first kappa shape index (κ1) is 13.5. The van der Waals surface area contributed by atoms with Gasteiger partial charge in [0.25, 0.3) is 0 Å². The van der Waals surface area contributed by atoms with Gasteiger partial charge in [-0.25, -0.2) is 4.39 Å². The first-order chi connectivity index (χ1) is 9.61. The van der Waals surface area contributed by atoms with Gasteiger partial charge in [0.05, 0.1) is 5.69 Å². The van der Waals surface area contributed by atoms with Gasteiger partial charge in [0.1, 0.15) is 6.26 Å². The summed E-state index contributed by atoms with van der Waals surface area (Å²) in [6.07, 6.45) is 3.65. The molecule has 0 spiro atoms. The molecule has 1 aromatic carbocycles. The number of ether oxygens (including phenoxy) is 1. The lowest BCUT2D eigenvalue weighted by molar-refractivity contribution is 0.312. The van der Waals surface area contributed by atoms with Crippen molar-refractivity contribution in [3.05, 3.63) is 40.2 Å². The van der Waals surface area contributed by atoms with Gasteiger partial charge in [-0.05, 0) is 25.0 Å². The number of nitrogens with zero attached hydrogens (tertiary/aromatic N) is 1. The molecule has 1 aliphatic rings. The Balaban J connectivity index is 1.70. The van der Waals surface area contributed by atoms with Gasteiger partial charge >= 0.3 is 6.08 Å². The molecule has 3 rings (SSSR count). The van der Waals surface area contributed by atoms with Crippen LogP contribution in [0.1, 0.15) is 18.5 Å². The number of hydrogen-bond donors (Lipinski definition) is 1. The van der Waals surface area contributed by atoms with Crippen LogP contribution in [-0.2, 0) is 6.54 Å². The topological polar surface area (TPSA) is 47.3 Å². The number of nitrogens with one attached hydrogen (secondary N) is 1. The molecule has 1 fully saturated rings. The largest absolute Gasteiger partial charge is 0.417 e. The van der Waals surface area contributed by atoms with E-state index in [2.05, 4.69) is 26.2 Å². The van der Waals surface area contributed by atoms with E-state index in [9.17, 15) is 8.78 Å². The number of hydrogen-bond acceptors (Lipinski definition) is 4. The number of halogens is 3. The molecule has 2 aromatic rings. The van der Waals surface area contributed by atoms with Crippen LogP contribution in [-0.4, -0.2) is 11.0 Å². The molecule has 1 aliphatic carbocycles. The predicted octanol–water partition coefficient (Wildman–Crippen LogP) is 3.76. The lowest BCUT2D eigenvalue weighted by Crippen LogP contribution is -2.15. The number of oxazole rings is 1. The van der Waals surface area contributed by atoms with E-state index in [1.54, 1.807) is 0 Å². The Morgan fingerprint density at radius 3 is 2.95 bits per heavy atom. The second kappa shape index (κ2) is 5.49. The average Bonchev–Trinajstić information content (AvgIpc) is 3.13. The smallest absolute Gasteiger partial charge is 0.399 e. The second-order valence-corrected chi connectivity index (χ2v) is 5.48. The first-order valence-electron chi connectivity index (χ1n) is 6.12. The molecule has 4 nitrogen and oxygen atoms in total. The summed E-state index contributed by atoms with van der Waals surface area (Å²) in [5.41, 5.74) is 0.655. The predicted molar refractivity (Wildman–Crippen MR) is 70.5 cm³/mol. The van der Waals surface area contributed by atoms with Crippen molar-refractivity contribution in [2.45, 2.75) is 25.4 Å². The van der Waals surface area contributed by atoms with Crippen molar-refractivity contribution in [1.82, 2.24) is 10.3 Å². The fraction of sp³-hybridized carbons (Fsp3) is 0.308. The molecule has 1 heterocycles. The van der Waals surface area contributed by atoms with Crippen LogP contribution in [0.2, 0.25) is 0 Å². The summed E-state index contributed by atoms with van der Waals surface area (Å²) >= 11 is 3.07. The minimum absolute atomic E-state index is 0.117. The van der Waals surface area contributed by atoms with Gasteiger partial charge in [0.15, 0.2) is 11.6 Å². The molecule has 0 radical (unpaired) electrons. The van der Waals surface area contributed by atoms with Crippen LogP contribution in [0.4, 0.5) is 8.78 Å². The van der Waals surface area contributed by atoms with Gasteiger partial charge in [0.2, 0.25) is 5.82 Å². The normalized spacial score (nSPS) is 14.6. The SMILES string of the molecule is Fc1cc(Br)cc(Oc2nc(CNC3CC3)co2)c1F. The van der Waals surface area contributed by atoms with Crippen LogP contribution >= 0.6 is 15.9 Å². The van der Waals surface area contributed by atoms with Crippen molar-refractivity contribution >= 4 is 15.9 Å². The van der Waals surface area contributed by atoms with E-state index in [4.69, 9.17) is 9.15 Å². The Morgan fingerprint density at radius 1 is 1.40 bits per heavy atom. The fourth-order valence-electron chi connectivity index (χ4n) is 1.65. The molecule has 1 aromatic heterocycles. The maximum Gasteiger partial charge on any atom is 0.399 e. The molecule has 20 heavy (non-hydrogen) atoms. The Bertz CT molecular complexity index is 629. The average molecular weight is 345 g/mol. The molecule has 0 atom stereocenters. The molecule has 1 N–H and O–H groups in total. The number of benzene rings is 1. The Morgan fingerprint density at radius 2 is 2.20 bits per heavy atom. The van der Waals surface area contributed by atoms with Crippen LogP contribution in [0, 0.1) is 11.6 Å². The van der Waals surface area contributed by atoms with E-state index >= 15 is 0 Å². The van der Waals surface area contributed by atoms with E-state index in [-0.39, 0.29) is 11.8 Å². The maximum atomic E-state index is 13.5. The van der Waals surface area contributed by atoms with Crippen molar-refractivity contribution in [3.8, 4) is 11.8 Å². The van der Waals surface area contributed by atoms with Crippen LogP contribution in [0.15, 0.2) is 27.3 Å². The highest BCUT2D eigenvalue weighted by molar-refractivity contribution is 9.10. The van der Waals surface area contributed by atoms with E-state index < -0.39 is 11.6 Å². The molecule has 0 aliphatic heterocycles. The number of rotatable bonds is 5. The highest BCUT2D eigenvalue weighted by atomic mass is 79.9. The maximum absolute atomic E-state index is 13.5. The molecule has 0 amide bonds. The summed E-state index contributed by atoms with van der Waals surface area (Å²) < 4.78 is 37.3. The molecule has 1 saturated carbocycles. The van der Waals surface area contributed by atoms with Gasteiger partial charge in [-0.15, -0.1) is 0 Å². The van der Waals surface area contributed by atoms with Crippen molar-refractivity contribution in [2.24, 2.45) is 0 Å². The Labute approximate surface area is 122 Å². The van der Waals surface area contributed by atoms with Crippen LogP contribution in [0.5, 0.6) is 11.8 Å². The van der Waals surface area contributed by atoms with Crippen LogP contribution < -0.4 is 10.1 Å². The first-order valence-corrected chi connectivity index (χ1v) is 6.91. The standard InChI is InChI=1S/C13H11BrF2N2O2/c14-7-3-10(15)12(16)11(4-7)20-13-18-9(6-19-13)5-17-8-1-2-8/h3-4,6,8,17H,1-2,5H2. The van der Waals surface area contributed by atoms with E-state index in [1.165, 1.54) is 25.2 Å². The summed E-state index contributed by atoms with van der Waals surface area (Å²) in [5.74, 6) is -2.36. The lowest BCUT2D eigenvalue weighted by atomic mass is 10.3. The monoisotopic (exact) mass is 344 g/mol. The zero-order valence-corrected chi connectivity index (χ0v) is 11.9. The lowest BCUT2D eigenvalue weighted by Gasteiger charge is -2.03. The van der Waals surface area contributed by atoms with Crippen molar-refractivity contribution < 1.29 is 17.9 Å². The minimum atomic E-state index is -1.08. The Hall–Kier alpha value is -1.47. The summed E-state index contributed by atoms with van der Waals surface area (Å²) in [6.45, 7) is 0.562. The van der Waals surface area contributed by atoms with E-state index in [1.807, 2.05) is 0 Å². The molecule has 0 saturated heterocycles. The summed E-state index contributed by atoms with van der Waals surface area (Å²) in [4.78, 5) is 4.05. The quantitative estimate of drug-likeness (QED) is 0.839. The number of aromatic nitrogens is 1. The van der Waals surface area contributed by atoms with E-state index in [0.717, 1.165) is 6.07 Å². The Kier molecular flexibility index (Phi) is 3.71. The molecule has 106 valence electrons. The zero-order valence-electron chi connectivity index (χ0n) is 10.3. The van der Waals surface area contributed by atoms with Crippen molar-refractivity contribution in [3.63, 3.8) is 0 Å². The fourth-order valence-corrected chi connectivity index (χ4v) is 2.06. The van der Waals surface area contributed by atoms with Gasteiger partial charge in [0, 0.05) is 17.1 Å². The molecule has 7 heteroatoms. The van der Waals surface area contributed by atoms with Crippen molar-refractivity contribution in [1.29, 1.82) is 0 Å². The van der Waals surface area contributed by atoms with Gasteiger partial charge in [-0.3, -0.25) is 0 Å². The van der Waals surface area contributed by atoms with Gasteiger partial charge in [-0.1, -0.05) is 15.9 Å². The second-order valence-electron chi connectivity index (χ2n) is 4.56. The molecule has 0 unspecified atom stereocenters. The minimum Gasteiger partial charge on any atom is -0.417 e. The third-order valence-electron chi connectivity index (χ3n) is 2.84. The zero-order chi connectivity index (χ0) is 14.1. The highest BCUT2D eigenvalue weighted by Crippen LogP contribution is 2.29. The van der Waals surface area contributed by atoms with E-state index in [0.29, 0.717) is 22.8 Å². The highest BCUT2D eigenvalue weighted by Gasteiger charge is 2.21. The molecule has 0 bridgehead atoms.